The SMILES string of the molecule is CC(C)C(=O)Nc1ccc(NC(=O)c2ccc3c(c2)SC2=NS(=O)(=O)CCN23)cc1. The molecule has 2 heterocycles. The number of fused-ring (bicyclic) bond motifs is 3. The van der Waals surface area contributed by atoms with Gasteiger partial charge in [0.1, 0.15) is 0 Å². The van der Waals surface area contributed by atoms with Crippen LogP contribution >= 0.6 is 11.8 Å². The number of sulfonamides is 1. The average Bonchev–Trinajstić information content (AvgIpc) is 3.04. The normalized spacial score (nSPS) is 16.5. The van der Waals surface area contributed by atoms with E-state index in [0.717, 1.165) is 10.6 Å². The van der Waals surface area contributed by atoms with Crippen molar-refractivity contribution in [2.24, 2.45) is 10.3 Å². The lowest BCUT2D eigenvalue weighted by Crippen LogP contribution is -2.35. The van der Waals surface area contributed by atoms with E-state index in [1.807, 2.05) is 24.8 Å². The van der Waals surface area contributed by atoms with Crippen molar-refractivity contribution < 1.29 is 18.0 Å². The molecule has 0 unspecified atom stereocenters. The molecular formula is C20H20N4O4S2. The molecular weight excluding hydrogens is 424 g/mol. The van der Waals surface area contributed by atoms with E-state index in [9.17, 15) is 18.0 Å². The predicted octanol–water partition coefficient (Wildman–Crippen LogP) is 3.14. The Balaban J connectivity index is 1.46. The maximum absolute atomic E-state index is 12.7. The van der Waals surface area contributed by atoms with E-state index in [-0.39, 0.29) is 23.5 Å². The van der Waals surface area contributed by atoms with Crippen LogP contribution in [0.1, 0.15) is 24.2 Å². The fourth-order valence-corrected chi connectivity index (χ4v) is 5.29. The highest BCUT2D eigenvalue weighted by atomic mass is 32.2. The number of carbonyl (C=O) groups excluding carboxylic acids is 2. The number of anilines is 3. The van der Waals surface area contributed by atoms with Gasteiger partial charge in [-0.05, 0) is 54.2 Å². The van der Waals surface area contributed by atoms with E-state index < -0.39 is 10.0 Å². The van der Waals surface area contributed by atoms with Gasteiger partial charge in [-0.2, -0.15) is 0 Å². The zero-order valence-corrected chi connectivity index (χ0v) is 18.0. The second-order valence-corrected chi connectivity index (χ2v) is 10.0. The summed E-state index contributed by atoms with van der Waals surface area (Å²) >= 11 is 1.25. The molecule has 156 valence electrons. The summed E-state index contributed by atoms with van der Waals surface area (Å²) in [6.07, 6.45) is 0. The molecule has 2 aromatic carbocycles. The average molecular weight is 445 g/mol. The number of thioether (sulfide) groups is 1. The Morgan fingerprint density at radius 2 is 1.73 bits per heavy atom. The molecule has 4 rings (SSSR count). The summed E-state index contributed by atoms with van der Waals surface area (Å²) in [7, 11) is -3.42. The quantitative estimate of drug-likeness (QED) is 0.750. The molecule has 0 aromatic heterocycles. The van der Waals surface area contributed by atoms with Crippen molar-refractivity contribution in [3.63, 3.8) is 0 Å². The molecule has 2 amide bonds. The zero-order valence-electron chi connectivity index (χ0n) is 16.4. The molecule has 0 bridgehead atoms. The number of amides is 2. The molecule has 0 saturated carbocycles. The van der Waals surface area contributed by atoms with Gasteiger partial charge in [0.15, 0.2) is 5.17 Å². The van der Waals surface area contributed by atoms with Gasteiger partial charge in [0.25, 0.3) is 15.9 Å². The highest BCUT2D eigenvalue weighted by molar-refractivity contribution is 8.15. The molecule has 0 fully saturated rings. The predicted molar refractivity (Wildman–Crippen MR) is 119 cm³/mol. The van der Waals surface area contributed by atoms with Gasteiger partial charge in [-0.15, -0.1) is 4.40 Å². The van der Waals surface area contributed by atoms with E-state index in [1.165, 1.54) is 11.8 Å². The van der Waals surface area contributed by atoms with Crippen LogP contribution in [-0.4, -0.2) is 37.7 Å². The first-order valence-corrected chi connectivity index (χ1v) is 11.8. The Hall–Kier alpha value is -2.85. The van der Waals surface area contributed by atoms with Crippen molar-refractivity contribution in [2.75, 3.05) is 27.8 Å². The number of hydrogen-bond acceptors (Lipinski definition) is 6. The van der Waals surface area contributed by atoms with Crippen LogP contribution in [0.25, 0.3) is 0 Å². The summed E-state index contributed by atoms with van der Waals surface area (Å²) in [5, 5.41) is 6.05. The van der Waals surface area contributed by atoms with Gasteiger partial charge >= 0.3 is 0 Å². The number of hydrogen-bond donors (Lipinski definition) is 2. The van der Waals surface area contributed by atoms with Gasteiger partial charge in [0.05, 0.1) is 11.4 Å². The van der Waals surface area contributed by atoms with E-state index in [2.05, 4.69) is 15.0 Å². The van der Waals surface area contributed by atoms with Crippen molar-refractivity contribution in [3.8, 4) is 0 Å². The summed E-state index contributed by atoms with van der Waals surface area (Å²) in [5.41, 5.74) is 2.58. The third kappa shape index (κ3) is 4.19. The molecule has 2 aromatic rings. The third-order valence-electron chi connectivity index (χ3n) is 4.67. The van der Waals surface area contributed by atoms with Gasteiger partial charge in [-0.1, -0.05) is 13.8 Å². The molecule has 8 nitrogen and oxygen atoms in total. The number of nitrogens with one attached hydrogen (secondary N) is 2. The molecule has 0 radical (unpaired) electrons. The fraction of sp³-hybridized carbons (Fsp3) is 0.250. The summed E-state index contributed by atoms with van der Waals surface area (Å²) < 4.78 is 27.3. The van der Waals surface area contributed by atoms with E-state index in [4.69, 9.17) is 0 Å². The summed E-state index contributed by atoms with van der Waals surface area (Å²) in [4.78, 5) is 27.1. The van der Waals surface area contributed by atoms with Crippen molar-refractivity contribution in [3.05, 3.63) is 48.0 Å². The Kier molecular flexibility index (Phi) is 5.29. The Morgan fingerprint density at radius 3 is 2.40 bits per heavy atom. The molecule has 10 heteroatoms. The van der Waals surface area contributed by atoms with Crippen molar-refractivity contribution >= 4 is 55.8 Å². The molecule has 30 heavy (non-hydrogen) atoms. The maximum Gasteiger partial charge on any atom is 0.257 e. The second-order valence-electron chi connectivity index (χ2n) is 7.27. The third-order valence-corrected chi connectivity index (χ3v) is 6.98. The van der Waals surface area contributed by atoms with Gasteiger partial charge in [0, 0.05) is 34.3 Å². The van der Waals surface area contributed by atoms with Gasteiger partial charge in [0.2, 0.25) is 5.91 Å². The van der Waals surface area contributed by atoms with Gasteiger partial charge < -0.3 is 15.5 Å². The van der Waals surface area contributed by atoms with E-state index in [1.54, 1.807) is 36.4 Å². The van der Waals surface area contributed by atoms with Crippen molar-refractivity contribution in [2.45, 2.75) is 18.7 Å². The molecule has 2 aliphatic heterocycles. The number of benzene rings is 2. The highest BCUT2D eigenvalue weighted by Crippen LogP contribution is 2.42. The van der Waals surface area contributed by atoms with Crippen LogP contribution in [0.3, 0.4) is 0 Å². The molecule has 2 N–H and O–H groups in total. The number of carbonyl (C=O) groups is 2. The van der Waals surface area contributed by atoms with Crippen molar-refractivity contribution in [1.29, 1.82) is 0 Å². The summed E-state index contributed by atoms with van der Waals surface area (Å²) in [5.74, 6) is -0.493. The molecule has 2 aliphatic rings. The second kappa shape index (κ2) is 7.77. The lowest BCUT2D eigenvalue weighted by Gasteiger charge is -2.22. The van der Waals surface area contributed by atoms with Crippen LogP contribution in [0.5, 0.6) is 0 Å². The van der Waals surface area contributed by atoms with E-state index in [0.29, 0.717) is 28.7 Å². The highest BCUT2D eigenvalue weighted by Gasteiger charge is 2.33. The Bertz CT molecular complexity index is 1160. The first-order valence-electron chi connectivity index (χ1n) is 9.36. The van der Waals surface area contributed by atoms with Crippen LogP contribution in [0, 0.1) is 5.92 Å². The minimum atomic E-state index is -3.42. The molecule has 0 aliphatic carbocycles. The van der Waals surface area contributed by atoms with E-state index >= 15 is 0 Å². The summed E-state index contributed by atoms with van der Waals surface area (Å²) in [6.45, 7) is 3.99. The van der Waals surface area contributed by atoms with Crippen LogP contribution in [0.4, 0.5) is 17.1 Å². The minimum absolute atomic E-state index is 0.0215. The number of amidine groups is 1. The smallest absolute Gasteiger partial charge is 0.257 e. The lowest BCUT2D eigenvalue weighted by molar-refractivity contribution is -0.118. The van der Waals surface area contributed by atoms with Crippen LogP contribution in [-0.2, 0) is 14.8 Å². The van der Waals surface area contributed by atoms with Gasteiger partial charge in [-0.25, -0.2) is 8.42 Å². The topological polar surface area (TPSA) is 108 Å². The largest absolute Gasteiger partial charge is 0.326 e. The molecule has 0 saturated heterocycles. The maximum atomic E-state index is 12.7. The standard InChI is InChI=1S/C20H20N4O4S2/c1-12(2)18(25)21-14-4-6-15(7-5-14)22-19(26)13-3-8-16-17(11-13)29-20-23-30(27,28)10-9-24(16)20/h3-8,11-12H,9-10H2,1-2H3,(H,21,25)(H,22,26). The molecule has 0 atom stereocenters. The fourth-order valence-electron chi connectivity index (χ4n) is 3.00. The van der Waals surface area contributed by atoms with Crippen LogP contribution < -0.4 is 15.5 Å². The molecule has 0 spiro atoms. The zero-order chi connectivity index (χ0) is 21.5. The minimum Gasteiger partial charge on any atom is -0.326 e. The van der Waals surface area contributed by atoms with Crippen LogP contribution in [0.15, 0.2) is 51.8 Å². The summed E-state index contributed by atoms with van der Waals surface area (Å²) in [6, 6.07) is 12.1. The Morgan fingerprint density at radius 1 is 1.07 bits per heavy atom. The monoisotopic (exact) mass is 444 g/mol. The number of rotatable bonds is 4. The van der Waals surface area contributed by atoms with Crippen molar-refractivity contribution in [1.82, 2.24) is 0 Å². The lowest BCUT2D eigenvalue weighted by atomic mass is 10.1. The first-order chi connectivity index (χ1) is 14.2. The van der Waals surface area contributed by atoms with Gasteiger partial charge in [-0.3, -0.25) is 9.59 Å². The first kappa shape index (κ1) is 20.4. The Labute approximate surface area is 178 Å². The van der Waals surface area contributed by atoms with Crippen LogP contribution in [0.2, 0.25) is 0 Å². The number of nitrogens with zero attached hydrogens (tertiary/aromatic N) is 2.